The van der Waals surface area contributed by atoms with Crippen LogP contribution >= 0.6 is 11.3 Å². The largest absolute Gasteiger partial charge is 0.442 e. The van der Waals surface area contributed by atoms with Gasteiger partial charge in [-0.25, -0.2) is 9.36 Å². The normalized spacial score (nSPS) is 16.5. The molecule has 8 heteroatoms. The average molecular weight is 370 g/mol. The molecule has 1 unspecified atom stereocenters. The van der Waals surface area contributed by atoms with E-state index in [1.807, 2.05) is 4.90 Å². The zero-order valence-electron chi connectivity index (χ0n) is 14.3. The fourth-order valence-electron chi connectivity index (χ4n) is 3.47. The van der Waals surface area contributed by atoms with Gasteiger partial charge in [0.05, 0.1) is 6.04 Å². The van der Waals surface area contributed by atoms with Gasteiger partial charge in [-0.3, -0.25) is 14.3 Å². The van der Waals surface area contributed by atoms with Gasteiger partial charge in [0, 0.05) is 29.4 Å². The molecular formula is C18H18N4O3S. The van der Waals surface area contributed by atoms with Gasteiger partial charge >= 0.3 is 5.76 Å². The van der Waals surface area contributed by atoms with Crippen LogP contribution in [-0.2, 0) is 17.8 Å². The van der Waals surface area contributed by atoms with Crippen LogP contribution in [-0.4, -0.2) is 32.1 Å². The molecule has 7 nitrogen and oxygen atoms in total. The van der Waals surface area contributed by atoms with E-state index >= 15 is 0 Å². The first kappa shape index (κ1) is 16.7. The van der Waals surface area contributed by atoms with E-state index in [1.165, 1.54) is 15.0 Å². The highest BCUT2D eigenvalue weighted by Crippen LogP contribution is 2.35. The molecule has 0 radical (unpaired) electrons. The van der Waals surface area contributed by atoms with Crippen LogP contribution in [0.5, 0.6) is 0 Å². The summed E-state index contributed by atoms with van der Waals surface area (Å²) in [6.07, 6.45) is 4.91. The maximum atomic E-state index is 13.0. The summed E-state index contributed by atoms with van der Waals surface area (Å²) in [6, 6.07) is 5.67. The highest BCUT2D eigenvalue weighted by atomic mass is 32.1. The predicted octanol–water partition coefficient (Wildman–Crippen LogP) is 2.50. The Labute approximate surface area is 153 Å². The molecular weight excluding hydrogens is 352 g/mol. The summed E-state index contributed by atoms with van der Waals surface area (Å²) >= 11 is 1.74. The SMILES string of the molecule is CCC1c2ccsc2CCN1C(=O)Cn1c(-c2cccnc2)noc1=O. The number of rotatable bonds is 4. The van der Waals surface area contributed by atoms with Crippen molar-refractivity contribution in [3.8, 4) is 11.4 Å². The third kappa shape index (κ3) is 2.86. The number of fused-ring (bicyclic) bond motifs is 1. The van der Waals surface area contributed by atoms with Gasteiger partial charge in [-0.1, -0.05) is 12.1 Å². The van der Waals surface area contributed by atoms with Gasteiger partial charge in [0.2, 0.25) is 5.91 Å². The summed E-state index contributed by atoms with van der Waals surface area (Å²) in [5.74, 6) is -0.430. The number of hydrogen-bond acceptors (Lipinski definition) is 6. The number of hydrogen-bond donors (Lipinski definition) is 0. The van der Waals surface area contributed by atoms with Crippen LogP contribution < -0.4 is 5.76 Å². The highest BCUT2D eigenvalue weighted by molar-refractivity contribution is 7.10. The van der Waals surface area contributed by atoms with Crippen molar-refractivity contribution in [3.05, 3.63) is 57.0 Å². The van der Waals surface area contributed by atoms with Gasteiger partial charge < -0.3 is 4.90 Å². The van der Waals surface area contributed by atoms with Crippen molar-refractivity contribution >= 4 is 17.2 Å². The molecule has 1 aliphatic heterocycles. The molecule has 0 spiro atoms. The van der Waals surface area contributed by atoms with E-state index in [0.717, 1.165) is 12.8 Å². The van der Waals surface area contributed by atoms with Gasteiger partial charge in [-0.15, -0.1) is 11.3 Å². The Morgan fingerprint density at radius 1 is 1.42 bits per heavy atom. The van der Waals surface area contributed by atoms with Crippen molar-refractivity contribution in [1.29, 1.82) is 0 Å². The molecule has 0 N–H and O–H groups in total. The average Bonchev–Trinajstić information content (AvgIpc) is 3.28. The zero-order chi connectivity index (χ0) is 18.1. The summed E-state index contributed by atoms with van der Waals surface area (Å²) in [7, 11) is 0. The number of pyridine rings is 1. The van der Waals surface area contributed by atoms with Crippen LogP contribution in [0.1, 0.15) is 29.8 Å². The van der Waals surface area contributed by atoms with Gasteiger partial charge in [0.15, 0.2) is 5.82 Å². The molecule has 134 valence electrons. The van der Waals surface area contributed by atoms with Crippen molar-refractivity contribution in [1.82, 2.24) is 19.6 Å². The molecule has 26 heavy (non-hydrogen) atoms. The second-order valence-electron chi connectivity index (χ2n) is 6.16. The zero-order valence-corrected chi connectivity index (χ0v) is 15.1. The van der Waals surface area contributed by atoms with Gasteiger partial charge in [-0.05, 0) is 42.0 Å². The Morgan fingerprint density at radius 2 is 2.31 bits per heavy atom. The summed E-state index contributed by atoms with van der Waals surface area (Å²) < 4.78 is 6.07. The molecule has 0 saturated carbocycles. The van der Waals surface area contributed by atoms with Crippen LogP contribution in [0.4, 0.5) is 0 Å². The molecule has 1 aliphatic rings. The molecule has 4 rings (SSSR count). The Kier molecular flexibility index (Phi) is 4.42. The maximum Gasteiger partial charge on any atom is 0.442 e. The Bertz CT molecular complexity index is 976. The molecule has 1 amide bonds. The van der Waals surface area contributed by atoms with E-state index in [9.17, 15) is 9.59 Å². The van der Waals surface area contributed by atoms with Crippen molar-refractivity contribution in [2.45, 2.75) is 32.4 Å². The summed E-state index contributed by atoms with van der Waals surface area (Å²) in [5.41, 5.74) is 1.86. The molecule has 1 atom stereocenters. The Morgan fingerprint density at radius 3 is 3.08 bits per heavy atom. The summed E-state index contributed by atoms with van der Waals surface area (Å²) in [4.78, 5) is 32.3. The molecule has 3 aromatic rings. The minimum absolute atomic E-state index is 0.0508. The van der Waals surface area contributed by atoms with Crippen molar-refractivity contribution < 1.29 is 9.32 Å². The van der Waals surface area contributed by atoms with Crippen molar-refractivity contribution in [2.24, 2.45) is 0 Å². The second kappa shape index (κ2) is 6.87. The third-order valence-electron chi connectivity index (χ3n) is 4.70. The maximum absolute atomic E-state index is 13.0. The summed E-state index contributed by atoms with van der Waals surface area (Å²) in [6.45, 7) is 2.64. The van der Waals surface area contributed by atoms with E-state index < -0.39 is 5.76 Å². The van der Waals surface area contributed by atoms with Crippen molar-refractivity contribution in [2.75, 3.05) is 6.54 Å². The molecule has 4 heterocycles. The number of carbonyl (C=O) groups excluding carboxylic acids is 1. The lowest BCUT2D eigenvalue weighted by Gasteiger charge is -2.35. The lowest BCUT2D eigenvalue weighted by Crippen LogP contribution is -2.42. The number of nitrogens with zero attached hydrogens (tertiary/aromatic N) is 4. The number of thiophene rings is 1. The number of aromatic nitrogens is 3. The molecule has 0 saturated heterocycles. The molecule has 0 bridgehead atoms. The van der Waals surface area contributed by atoms with E-state index in [-0.39, 0.29) is 18.5 Å². The van der Waals surface area contributed by atoms with Gasteiger partial charge in [0.25, 0.3) is 0 Å². The topological polar surface area (TPSA) is 81.2 Å². The van der Waals surface area contributed by atoms with Gasteiger partial charge in [-0.2, -0.15) is 0 Å². The number of carbonyl (C=O) groups is 1. The van der Waals surface area contributed by atoms with Crippen molar-refractivity contribution in [3.63, 3.8) is 0 Å². The standard InChI is InChI=1S/C18H18N4O3S/c1-2-14-13-6-9-26-15(13)5-8-21(14)16(23)11-22-17(20-25-18(22)24)12-4-3-7-19-10-12/h3-4,6-7,9-10,14H,2,5,8,11H2,1H3. The smallest absolute Gasteiger partial charge is 0.334 e. The fourth-order valence-corrected chi connectivity index (χ4v) is 4.40. The molecule has 0 aliphatic carbocycles. The van der Waals surface area contributed by atoms with E-state index in [2.05, 4.69) is 28.5 Å². The lowest BCUT2D eigenvalue weighted by molar-refractivity contribution is -0.134. The monoisotopic (exact) mass is 370 g/mol. The highest BCUT2D eigenvalue weighted by Gasteiger charge is 2.31. The van der Waals surface area contributed by atoms with Crippen LogP contribution in [0.15, 0.2) is 45.3 Å². The van der Waals surface area contributed by atoms with Gasteiger partial charge in [0.1, 0.15) is 6.54 Å². The van der Waals surface area contributed by atoms with E-state index in [1.54, 1.807) is 35.9 Å². The minimum Gasteiger partial charge on any atom is -0.334 e. The van der Waals surface area contributed by atoms with Crippen LogP contribution in [0.3, 0.4) is 0 Å². The molecule has 0 aromatic carbocycles. The van der Waals surface area contributed by atoms with Crippen LogP contribution in [0.25, 0.3) is 11.4 Å². The molecule has 0 fully saturated rings. The van der Waals surface area contributed by atoms with E-state index in [0.29, 0.717) is 17.9 Å². The second-order valence-corrected chi connectivity index (χ2v) is 7.16. The third-order valence-corrected chi connectivity index (χ3v) is 5.70. The van der Waals surface area contributed by atoms with Crippen LogP contribution in [0, 0.1) is 0 Å². The van der Waals surface area contributed by atoms with Crippen LogP contribution in [0.2, 0.25) is 0 Å². The lowest BCUT2D eigenvalue weighted by atomic mass is 9.98. The Hall–Kier alpha value is -2.74. The first-order valence-corrected chi connectivity index (χ1v) is 9.39. The quantitative estimate of drug-likeness (QED) is 0.705. The predicted molar refractivity (Wildman–Crippen MR) is 96.8 cm³/mol. The minimum atomic E-state index is -0.640. The number of amides is 1. The summed E-state index contributed by atoms with van der Waals surface area (Å²) in [5, 5.41) is 5.89. The first-order chi connectivity index (χ1) is 12.7. The molecule has 3 aromatic heterocycles. The fraction of sp³-hybridized carbons (Fsp3) is 0.333. The first-order valence-electron chi connectivity index (χ1n) is 8.51. The Balaban J connectivity index is 1.62. The van der Waals surface area contributed by atoms with E-state index in [4.69, 9.17) is 4.52 Å².